The van der Waals surface area contributed by atoms with Gasteiger partial charge in [0, 0.05) is 11.1 Å². The highest BCUT2D eigenvalue weighted by molar-refractivity contribution is 6.02. The number of hydrogen-bond donors (Lipinski definition) is 1. The van der Waals surface area contributed by atoms with E-state index < -0.39 is 5.97 Å². The fourth-order valence-corrected chi connectivity index (χ4v) is 4.08. The minimum atomic E-state index is -1.00. The highest BCUT2D eigenvalue weighted by Crippen LogP contribution is 2.35. The number of aromatic carboxylic acids is 1. The van der Waals surface area contributed by atoms with Crippen molar-refractivity contribution in [1.29, 1.82) is 0 Å². The van der Waals surface area contributed by atoms with Gasteiger partial charge in [-0.05, 0) is 35.7 Å². The molecule has 5 aromatic rings. The first-order valence-electron chi connectivity index (χ1n) is 10.8. The molecule has 0 saturated carbocycles. The molecule has 4 aromatic carbocycles. The Hall–Kier alpha value is -4.44. The Labute approximate surface area is 192 Å². The summed E-state index contributed by atoms with van der Waals surface area (Å²) < 4.78 is 1.74. The number of rotatable bonds is 5. The molecule has 160 valence electrons. The molecule has 1 aromatic heterocycles. The molecule has 1 heterocycles. The normalized spacial score (nSPS) is 10.8. The number of nitrogens with zero attached hydrogens (tertiary/aromatic N) is 2. The third-order valence-corrected chi connectivity index (χ3v) is 5.66. The van der Waals surface area contributed by atoms with Crippen molar-refractivity contribution >= 4 is 5.97 Å². The van der Waals surface area contributed by atoms with Gasteiger partial charge < -0.3 is 5.11 Å². The average Bonchev–Trinajstić information content (AvgIpc) is 3.26. The highest BCUT2D eigenvalue weighted by Gasteiger charge is 2.26. The van der Waals surface area contributed by atoms with Crippen molar-refractivity contribution < 1.29 is 9.90 Å². The summed E-state index contributed by atoms with van der Waals surface area (Å²) in [6.07, 6.45) is 0. The van der Waals surface area contributed by atoms with Crippen LogP contribution >= 0.6 is 0 Å². The van der Waals surface area contributed by atoms with Crippen LogP contribution < -0.4 is 0 Å². The molecule has 4 heteroatoms. The Morgan fingerprint density at radius 2 is 1.27 bits per heavy atom. The highest BCUT2D eigenvalue weighted by atomic mass is 16.4. The number of carboxylic acids is 1. The average molecular weight is 431 g/mol. The first kappa shape index (κ1) is 20.5. The van der Waals surface area contributed by atoms with E-state index in [1.807, 2.05) is 104 Å². The summed E-state index contributed by atoms with van der Waals surface area (Å²) in [4.78, 5) is 12.5. The number of aromatic nitrogens is 2. The van der Waals surface area contributed by atoms with Crippen molar-refractivity contribution in [2.75, 3.05) is 0 Å². The predicted molar refractivity (Wildman–Crippen MR) is 132 cm³/mol. The molecule has 0 aliphatic carbocycles. The van der Waals surface area contributed by atoms with Crippen molar-refractivity contribution in [3.05, 3.63) is 120 Å². The molecule has 1 N–H and O–H groups in total. The summed E-state index contributed by atoms with van der Waals surface area (Å²) in [5, 5.41) is 15.1. The Morgan fingerprint density at radius 1 is 0.697 bits per heavy atom. The van der Waals surface area contributed by atoms with Gasteiger partial charge in [0.1, 0.15) is 11.3 Å². The Morgan fingerprint density at radius 3 is 1.88 bits per heavy atom. The van der Waals surface area contributed by atoms with E-state index in [1.165, 1.54) is 0 Å². The van der Waals surface area contributed by atoms with Crippen molar-refractivity contribution in [2.24, 2.45) is 0 Å². The van der Waals surface area contributed by atoms with Crippen molar-refractivity contribution in [3.8, 4) is 39.3 Å². The molecule has 33 heavy (non-hydrogen) atoms. The van der Waals surface area contributed by atoms with E-state index in [0.717, 1.165) is 33.5 Å². The van der Waals surface area contributed by atoms with Crippen LogP contribution in [0.25, 0.3) is 39.3 Å². The second kappa shape index (κ2) is 8.60. The SMILES string of the molecule is Cc1cccc(-n2nc(-c3ccc(-c4ccccc4)cc3)c(C(=O)O)c2-c2ccccc2)c1. The monoisotopic (exact) mass is 430 g/mol. The summed E-state index contributed by atoms with van der Waals surface area (Å²) in [5.74, 6) is -1.00. The van der Waals surface area contributed by atoms with Gasteiger partial charge in [-0.15, -0.1) is 0 Å². The summed E-state index contributed by atoms with van der Waals surface area (Å²) in [6, 6.07) is 35.5. The predicted octanol–water partition coefficient (Wildman–Crippen LogP) is 6.88. The van der Waals surface area contributed by atoms with E-state index in [4.69, 9.17) is 5.10 Å². The summed E-state index contributed by atoms with van der Waals surface area (Å²) in [7, 11) is 0. The summed E-state index contributed by atoms with van der Waals surface area (Å²) in [6.45, 7) is 2.01. The van der Waals surface area contributed by atoms with Gasteiger partial charge in [0.2, 0.25) is 0 Å². The largest absolute Gasteiger partial charge is 0.478 e. The van der Waals surface area contributed by atoms with Crippen molar-refractivity contribution in [1.82, 2.24) is 9.78 Å². The third-order valence-electron chi connectivity index (χ3n) is 5.66. The molecule has 4 nitrogen and oxygen atoms in total. The lowest BCUT2D eigenvalue weighted by Gasteiger charge is -2.09. The molecule has 0 aliphatic heterocycles. The molecule has 0 spiro atoms. The lowest BCUT2D eigenvalue weighted by atomic mass is 9.99. The Kier molecular flexibility index (Phi) is 5.33. The van der Waals surface area contributed by atoms with Gasteiger partial charge in [-0.3, -0.25) is 0 Å². The summed E-state index contributed by atoms with van der Waals surface area (Å²) >= 11 is 0. The Bertz CT molecular complexity index is 1420. The van der Waals surface area contributed by atoms with Gasteiger partial charge in [0.05, 0.1) is 11.4 Å². The van der Waals surface area contributed by atoms with Crippen LogP contribution in [0.5, 0.6) is 0 Å². The number of carboxylic acid groups (broad SMARTS) is 1. The molecule has 0 amide bonds. The van der Waals surface area contributed by atoms with Gasteiger partial charge in [-0.2, -0.15) is 5.10 Å². The van der Waals surface area contributed by atoms with Crippen molar-refractivity contribution in [2.45, 2.75) is 6.92 Å². The molecule has 0 aliphatic rings. The molecule has 0 unspecified atom stereocenters. The van der Waals surface area contributed by atoms with Crippen molar-refractivity contribution in [3.63, 3.8) is 0 Å². The van der Waals surface area contributed by atoms with E-state index in [0.29, 0.717) is 11.4 Å². The lowest BCUT2D eigenvalue weighted by Crippen LogP contribution is -2.03. The van der Waals surface area contributed by atoms with Crippen LogP contribution in [-0.4, -0.2) is 20.9 Å². The van der Waals surface area contributed by atoms with Gasteiger partial charge in [0.15, 0.2) is 0 Å². The van der Waals surface area contributed by atoms with Gasteiger partial charge in [0.25, 0.3) is 0 Å². The Balaban J connectivity index is 1.72. The van der Waals surface area contributed by atoms with Crippen LogP contribution in [-0.2, 0) is 0 Å². The molecule has 0 atom stereocenters. The number of benzene rings is 4. The molecule has 0 fully saturated rings. The molecular weight excluding hydrogens is 408 g/mol. The molecule has 0 saturated heterocycles. The maximum atomic E-state index is 12.5. The smallest absolute Gasteiger partial charge is 0.340 e. The first-order valence-corrected chi connectivity index (χ1v) is 10.8. The van der Waals surface area contributed by atoms with Gasteiger partial charge in [-0.1, -0.05) is 97.1 Å². The number of hydrogen-bond acceptors (Lipinski definition) is 2. The van der Waals surface area contributed by atoms with E-state index in [1.54, 1.807) is 4.68 Å². The second-order valence-electron chi connectivity index (χ2n) is 7.94. The number of aryl methyl sites for hydroxylation is 1. The number of carbonyl (C=O) groups is 1. The lowest BCUT2D eigenvalue weighted by molar-refractivity contribution is 0.0698. The van der Waals surface area contributed by atoms with Crippen LogP contribution in [0.1, 0.15) is 15.9 Å². The van der Waals surface area contributed by atoms with Crippen LogP contribution in [0.3, 0.4) is 0 Å². The molecule has 5 rings (SSSR count). The maximum absolute atomic E-state index is 12.5. The van der Waals surface area contributed by atoms with Crippen LogP contribution in [0.2, 0.25) is 0 Å². The van der Waals surface area contributed by atoms with E-state index in [2.05, 4.69) is 12.1 Å². The second-order valence-corrected chi connectivity index (χ2v) is 7.94. The maximum Gasteiger partial charge on any atom is 0.340 e. The zero-order valence-corrected chi connectivity index (χ0v) is 18.1. The first-order chi connectivity index (χ1) is 16.1. The fraction of sp³-hybridized carbons (Fsp3) is 0.0345. The fourth-order valence-electron chi connectivity index (χ4n) is 4.08. The quantitative estimate of drug-likeness (QED) is 0.331. The van der Waals surface area contributed by atoms with E-state index in [-0.39, 0.29) is 5.56 Å². The molecular formula is C29H22N2O2. The topological polar surface area (TPSA) is 55.1 Å². The van der Waals surface area contributed by atoms with Gasteiger partial charge >= 0.3 is 5.97 Å². The molecule has 0 bridgehead atoms. The van der Waals surface area contributed by atoms with Crippen LogP contribution in [0, 0.1) is 6.92 Å². The zero-order valence-electron chi connectivity index (χ0n) is 18.1. The van der Waals surface area contributed by atoms with E-state index in [9.17, 15) is 9.90 Å². The van der Waals surface area contributed by atoms with E-state index >= 15 is 0 Å². The summed E-state index contributed by atoms with van der Waals surface area (Å²) in [5.41, 5.74) is 6.84. The standard InChI is InChI=1S/C29H22N2O2/c1-20-9-8-14-25(19-20)31-28(24-12-6-3-7-13-24)26(29(32)33)27(30-31)23-17-15-22(16-18-23)21-10-4-2-5-11-21/h2-19H,1H3,(H,32,33). The minimum absolute atomic E-state index is 0.190. The van der Waals surface area contributed by atoms with Crippen LogP contribution in [0.4, 0.5) is 0 Å². The minimum Gasteiger partial charge on any atom is -0.478 e. The van der Waals surface area contributed by atoms with Crippen LogP contribution in [0.15, 0.2) is 109 Å². The van der Waals surface area contributed by atoms with Gasteiger partial charge in [-0.25, -0.2) is 9.48 Å². The molecule has 0 radical (unpaired) electrons. The zero-order chi connectivity index (χ0) is 22.8. The third kappa shape index (κ3) is 3.94.